The Morgan fingerprint density at radius 2 is 1.30 bits per heavy atom. The largest absolute Gasteiger partial charge is 0.466 e. The zero-order valence-corrected chi connectivity index (χ0v) is 11.3. The molecule has 0 unspecified atom stereocenters. The number of rotatable bonds is 4. The first-order valence-electron chi connectivity index (χ1n) is 5.24. The SMILES string of the molecule is C=CCC1(CC=C)C(=O)NC(=O)NC1=O.O=P(O)(O)O. The third-order valence-electron chi connectivity index (χ3n) is 2.31. The molecule has 1 saturated heterocycles. The second-order valence-corrected chi connectivity index (χ2v) is 4.84. The average molecular weight is 306 g/mol. The van der Waals surface area contributed by atoms with Crippen LogP contribution in [-0.2, 0) is 14.2 Å². The van der Waals surface area contributed by atoms with Crippen molar-refractivity contribution < 1.29 is 33.6 Å². The van der Waals surface area contributed by atoms with Crippen molar-refractivity contribution >= 4 is 25.7 Å². The number of phosphoric acid groups is 1. The third kappa shape index (κ3) is 5.45. The van der Waals surface area contributed by atoms with Crippen molar-refractivity contribution in [2.45, 2.75) is 12.8 Å². The number of allylic oxidation sites excluding steroid dienone is 2. The van der Waals surface area contributed by atoms with Gasteiger partial charge in [0.2, 0.25) is 11.8 Å². The number of amides is 4. The maximum atomic E-state index is 11.6. The zero-order valence-electron chi connectivity index (χ0n) is 10.4. The standard InChI is InChI=1S/C10H12N2O3.H3O4P/c1-3-5-10(6-4-2)7(13)11-9(15)12-8(10)14;1-5(2,3)4/h3-4H,1-2,5-6H2,(H2,11,12,13,14,15);(H3,1,2,3,4). The van der Waals surface area contributed by atoms with E-state index in [0.717, 1.165) is 0 Å². The van der Waals surface area contributed by atoms with E-state index in [1.807, 2.05) is 0 Å². The highest BCUT2D eigenvalue weighted by Crippen LogP contribution is 2.30. The molecule has 0 aromatic carbocycles. The monoisotopic (exact) mass is 306 g/mol. The van der Waals surface area contributed by atoms with Crippen molar-refractivity contribution in [3.63, 3.8) is 0 Å². The van der Waals surface area contributed by atoms with E-state index in [1.54, 1.807) is 0 Å². The second kappa shape index (κ2) is 7.11. The van der Waals surface area contributed by atoms with Crippen LogP contribution in [0.2, 0.25) is 0 Å². The topological polar surface area (TPSA) is 153 Å². The lowest BCUT2D eigenvalue weighted by atomic mass is 9.78. The van der Waals surface area contributed by atoms with Gasteiger partial charge in [-0.05, 0) is 12.8 Å². The van der Waals surface area contributed by atoms with E-state index >= 15 is 0 Å². The molecule has 0 aromatic heterocycles. The second-order valence-electron chi connectivity index (χ2n) is 3.82. The molecule has 4 amide bonds. The van der Waals surface area contributed by atoms with E-state index in [-0.39, 0.29) is 12.8 Å². The summed E-state index contributed by atoms with van der Waals surface area (Å²) in [7, 11) is -4.64. The molecule has 9 nitrogen and oxygen atoms in total. The predicted molar refractivity (Wildman–Crippen MR) is 68.0 cm³/mol. The molecule has 5 N–H and O–H groups in total. The highest BCUT2D eigenvalue weighted by Gasteiger charge is 2.48. The summed E-state index contributed by atoms with van der Waals surface area (Å²) in [5.41, 5.74) is -1.28. The molecule has 1 rings (SSSR count). The molecular weight excluding hydrogens is 291 g/mol. The van der Waals surface area contributed by atoms with Crippen LogP contribution in [0, 0.1) is 5.41 Å². The van der Waals surface area contributed by atoms with Crippen LogP contribution in [0.4, 0.5) is 4.79 Å². The van der Waals surface area contributed by atoms with Crippen molar-refractivity contribution in [3.8, 4) is 0 Å². The van der Waals surface area contributed by atoms with Gasteiger partial charge in [-0.1, -0.05) is 12.2 Å². The number of carbonyl (C=O) groups is 3. The summed E-state index contributed by atoms with van der Waals surface area (Å²) in [6.45, 7) is 6.98. The molecule has 0 aliphatic carbocycles. The Morgan fingerprint density at radius 3 is 1.55 bits per heavy atom. The summed E-state index contributed by atoms with van der Waals surface area (Å²) >= 11 is 0. The molecule has 0 radical (unpaired) electrons. The summed E-state index contributed by atoms with van der Waals surface area (Å²) in [6, 6.07) is -0.784. The zero-order chi connectivity index (χ0) is 16.0. The highest BCUT2D eigenvalue weighted by molar-refractivity contribution is 7.45. The first-order valence-corrected chi connectivity index (χ1v) is 6.80. The molecule has 0 spiro atoms. The molecule has 0 saturated carbocycles. The van der Waals surface area contributed by atoms with Crippen LogP contribution in [0.25, 0.3) is 0 Å². The minimum Gasteiger partial charge on any atom is -0.303 e. The van der Waals surface area contributed by atoms with Crippen LogP contribution < -0.4 is 10.6 Å². The van der Waals surface area contributed by atoms with E-state index in [4.69, 9.17) is 19.2 Å². The molecular formula is C10H15N2O7P. The number of hydrogen-bond acceptors (Lipinski definition) is 4. The minimum absolute atomic E-state index is 0.171. The van der Waals surface area contributed by atoms with Gasteiger partial charge in [-0.15, -0.1) is 13.2 Å². The van der Waals surface area contributed by atoms with Gasteiger partial charge in [0.1, 0.15) is 5.41 Å². The lowest BCUT2D eigenvalue weighted by Crippen LogP contribution is -2.62. The molecule has 1 aliphatic heterocycles. The summed E-state index contributed by atoms with van der Waals surface area (Å²) in [5.74, 6) is -1.20. The Balaban J connectivity index is 0.000000621. The van der Waals surface area contributed by atoms with Gasteiger partial charge in [0.15, 0.2) is 0 Å². The Kier molecular flexibility index (Phi) is 6.47. The molecule has 1 aliphatic rings. The summed E-state index contributed by atoms with van der Waals surface area (Å²) in [4.78, 5) is 55.7. The van der Waals surface area contributed by atoms with E-state index in [9.17, 15) is 14.4 Å². The van der Waals surface area contributed by atoms with Crippen LogP contribution in [0.5, 0.6) is 0 Å². The molecule has 0 aromatic rings. The van der Waals surface area contributed by atoms with Gasteiger partial charge in [0.25, 0.3) is 0 Å². The quantitative estimate of drug-likeness (QED) is 0.268. The van der Waals surface area contributed by atoms with Crippen LogP contribution in [0.3, 0.4) is 0 Å². The van der Waals surface area contributed by atoms with Crippen molar-refractivity contribution in [3.05, 3.63) is 25.3 Å². The first-order chi connectivity index (χ1) is 9.06. The van der Waals surface area contributed by atoms with Gasteiger partial charge >= 0.3 is 13.9 Å². The molecule has 1 heterocycles. The van der Waals surface area contributed by atoms with Gasteiger partial charge in [-0.2, -0.15) is 0 Å². The molecule has 0 atom stereocenters. The van der Waals surface area contributed by atoms with Crippen molar-refractivity contribution in [1.29, 1.82) is 0 Å². The number of carbonyl (C=O) groups excluding carboxylic acids is 3. The van der Waals surface area contributed by atoms with Gasteiger partial charge in [0.05, 0.1) is 0 Å². The van der Waals surface area contributed by atoms with E-state index in [0.29, 0.717) is 0 Å². The first kappa shape index (κ1) is 18.2. The highest BCUT2D eigenvalue weighted by atomic mass is 31.2. The van der Waals surface area contributed by atoms with E-state index in [2.05, 4.69) is 23.8 Å². The fraction of sp³-hybridized carbons (Fsp3) is 0.300. The van der Waals surface area contributed by atoms with Crippen LogP contribution >= 0.6 is 7.82 Å². The number of urea groups is 1. The number of imide groups is 2. The Morgan fingerprint density at radius 1 is 1.00 bits per heavy atom. The Bertz CT molecular complexity index is 442. The fourth-order valence-electron chi connectivity index (χ4n) is 1.53. The smallest absolute Gasteiger partial charge is 0.303 e. The maximum Gasteiger partial charge on any atom is 0.466 e. The fourth-order valence-corrected chi connectivity index (χ4v) is 1.53. The van der Waals surface area contributed by atoms with Crippen LogP contribution in [0.1, 0.15) is 12.8 Å². The molecule has 112 valence electrons. The number of hydrogen-bond donors (Lipinski definition) is 5. The molecule has 1 fully saturated rings. The summed E-state index contributed by atoms with van der Waals surface area (Å²) < 4.78 is 8.88. The van der Waals surface area contributed by atoms with E-state index < -0.39 is 31.1 Å². The van der Waals surface area contributed by atoms with Crippen molar-refractivity contribution in [2.75, 3.05) is 0 Å². The Labute approximate surface area is 114 Å². The van der Waals surface area contributed by atoms with Crippen molar-refractivity contribution in [2.24, 2.45) is 5.41 Å². The van der Waals surface area contributed by atoms with Gasteiger partial charge in [-0.3, -0.25) is 20.2 Å². The normalized spacial score (nSPS) is 17.2. The lowest BCUT2D eigenvalue weighted by molar-refractivity contribution is -0.144. The number of barbiturate groups is 1. The molecule has 10 heteroatoms. The molecule has 20 heavy (non-hydrogen) atoms. The van der Waals surface area contributed by atoms with Gasteiger partial charge in [-0.25, -0.2) is 9.36 Å². The summed E-state index contributed by atoms with van der Waals surface area (Å²) in [6.07, 6.45) is 3.28. The van der Waals surface area contributed by atoms with Crippen LogP contribution in [0.15, 0.2) is 25.3 Å². The predicted octanol–water partition coefficient (Wildman–Crippen LogP) is -0.438. The Hall–Kier alpha value is -1.80. The summed E-state index contributed by atoms with van der Waals surface area (Å²) in [5, 5.41) is 4.13. The maximum absolute atomic E-state index is 11.6. The lowest BCUT2D eigenvalue weighted by Gasteiger charge is -2.32. The molecule has 0 bridgehead atoms. The number of nitrogens with one attached hydrogen (secondary N) is 2. The van der Waals surface area contributed by atoms with Gasteiger partial charge in [0, 0.05) is 0 Å². The van der Waals surface area contributed by atoms with Gasteiger partial charge < -0.3 is 14.7 Å². The van der Waals surface area contributed by atoms with Crippen LogP contribution in [-0.4, -0.2) is 32.5 Å². The van der Waals surface area contributed by atoms with E-state index in [1.165, 1.54) is 12.2 Å². The van der Waals surface area contributed by atoms with Crippen molar-refractivity contribution in [1.82, 2.24) is 10.6 Å². The average Bonchev–Trinajstić information content (AvgIpc) is 2.23. The third-order valence-corrected chi connectivity index (χ3v) is 2.31. The minimum atomic E-state index is -4.64.